The van der Waals surface area contributed by atoms with Crippen molar-refractivity contribution in [1.29, 1.82) is 0 Å². The molecule has 1 saturated carbocycles. The molecule has 0 bridgehead atoms. The van der Waals surface area contributed by atoms with E-state index >= 15 is 0 Å². The van der Waals surface area contributed by atoms with Crippen molar-refractivity contribution < 1.29 is 0 Å². The van der Waals surface area contributed by atoms with Crippen LogP contribution >= 0.6 is 11.6 Å². The highest BCUT2D eigenvalue weighted by Crippen LogP contribution is 2.37. The molecule has 0 aromatic carbocycles. The van der Waals surface area contributed by atoms with Crippen LogP contribution in [0.5, 0.6) is 0 Å². The molecule has 16 heavy (non-hydrogen) atoms. The summed E-state index contributed by atoms with van der Waals surface area (Å²) < 4.78 is 1.66. The smallest absolute Gasteiger partial charge is 0.155 e. The van der Waals surface area contributed by atoms with E-state index in [-0.39, 0.29) is 5.54 Å². The second-order valence-electron chi connectivity index (χ2n) is 4.51. The SMILES string of the molecule is NC1(CCc2nc3cccnn3c2Cl)CC1. The van der Waals surface area contributed by atoms with Crippen molar-refractivity contribution >= 4 is 17.2 Å². The highest BCUT2D eigenvalue weighted by atomic mass is 35.5. The van der Waals surface area contributed by atoms with Gasteiger partial charge in [0.05, 0.1) is 5.69 Å². The summed E-state index contributed by atoms with van der Waals surface area (Å²) in [6.07, 6.45) is 5.73. The first-order valence-corrected chi connectivity index (χ1v) is 5.83. The van der Waals surface area contributed by atoms with E-state index in [1.807, 2.05) is 12.1 Å². The molecule has 2 N–H and O–H groups in total. The van der Waals surface area contributed by atoms with Crippen molar-refractivity contribution in [3.63, 3.8) is 0 Å². The maximum atomic E-state index is 6.20. The number of rotatable bonds is 3. The highest BCUT2D eigenvalue weighted by molar-refractivity contribution is 6.30. The zero-order valence-electron chi connectivity index (χ0n) is 8.86. The maximum Gasteiger partial charge on any atom is 0.155 e. The number of aryl methyl sites for hydroxylation is 1. The Morgan fingerprint density at radius 1 is 1.50 bits per heavy atom. The van der Waals surface area contributed by atoms with Crippen LogP contribution in [0.25, 0.3) is 5.65 Å². The van der Waals surface area contributed by atoms with Gasteiger partial charge < -0.3 is 5.73 Å². The second-order valence-corrected chi connectivity index (χ2v) is 4.86. The van der Waals surface area contributed by atoms with Crippen molar-refractivity contribution in [2.75, 3.05) is 0 Å². The van der Waals surface area contributed by atoms with Gasteiger partial charge in [0.25, 0.3) is 0 Å². The minimum absolute atomic E-state index is 0.0482. The zero-order chi connectivity index (χ0) is 11.2. The summed E-state index contributed by atoms with van der Waals surface area (Å²) in [5, 5.41) is 4.76. The Bertz CT molecular complexity index is 530. The average molecular weight is 237 g/mol. The predicted octanol–water partition coefficient (Wildman–Crippen LogP) is 1.81. The molecule has 2 aromatic rings. The van der Waals surface area contributed by atoms with Gasteiger partial charge >= 0.3 is 0 Å². The summed E-state index contributed by atoms with van der Waals surface area (Å²) in [5.74, 6) is 0. The Hall–Kier alpha value is -1.13. The molecule has 0 aliphatic heterocycles. The van der Waals surface area contributed by atoms with E-state index < -0.39 is 0 Å². The number of fused-ring (bicyclic) bond motifs is 1. The normalized spacial score (nSPS) is 17.9. The molecular weight excluding hydrogens is 224 g/mol. The largest absolute Gasteiger partial charge is 0.325 e. The highest BCUT2D eigenvalue weighted by Gasteiger charge is 2.37. The lowest BCUT2D eigenvalue weighted by atomic mass is 10.1. The number of aromatic nitrogens is 3. The van der Waals surface area contributed by atoms with Gasteiger partial charge in [-0.25, -0.2) is 9.50 Å². The van der Waals surface area contributed by atoms with Crippen LogP contribution in [0.1, 0.15) is 25.0 Å². The van der Waals surface area contributed by atoms with Crippen molar-refractivity contribution in [3.8, 4) is 0 Å². The molecule has 1 fully saturated rings. The molecule has 1 aliphatic rings. The van der Waals surface area contributed by atoms with E-state index in [4.69, 9.17) is 17.3 Å². The first-order chi connectivity index (χ1) is 7.68. The monoisotopic (exact) mass is 236 g/mol. The van der Waals surface area contributed by atoms with E-state index in [1.165, 1.54) is 0 Å². The molecule has 3 rings (SSSR count). The van der Waals surface area contributed by atoms with Gasteiger partial charge in [0.2, 0.25) is 0 Å². The third-order valence-electron chi connectivity index (χ3n) is 3.16. The molecule has 0 unspecified atom stereocenters. The summed E-state index contributed by atoms with van der Waals surface area (Å²) in [6, 6.07) is 3.76. The first-order valence-electron chi connectivity index (χ1n) is 5.45. The molecule has 84 valence electrons. The molecule has 2 aromatic heterocycles. The topological polar surface area (TPSA) is 56.2 Å². The number of hydrogen-bond acceptors (Lipinski definition) is 3. The number of imidazole rings is 1. The van der Waals surface area contributed by atoms with Crippen LogP contribution in [0.2, 0.25) is 5.15 Å². The van der Waals surface area contributed by atoms with E-state index in [1.54, 1.807) is 10.7 Å². The fourth-order valence-corrected chi connectivity index (χ4v) is 2.11. The Labute approximate surface area is 98.4 Å². The lowest BCUT2D eigenvalue weighted by Gasteiger charge is -2.05. The first kappa shape index (κ1) is 10.1. The number of halogens is 1. The predicted molar refractivity (Wildman–Crippen MR) is 62.5 cm³/mol. The fourth-order valence-electron chi connectivity index (χ4n) is 1.84. The van der Waals surface area contributed by atoms with Crippen LogP contribution in [0, 0.1) is 0 Å². The Kier molecular flexibility index (Phi) is 2.16. The van der Waals surface area contributed by atoms with Gasteiger partial charge in [0, 0.05) is 11.7 Å². The number of hydrogen-bond donors (Lipinski definition) is 1. The Balaban J connectivity index is 1.88. The van der Waals surface area contributed by atoms with Gasteiger partial charge in [0.15, 0.2) is 10.8 Å². The van der Waals surface area contributed by atoms with Crippen LogP contribution in [0.15, 0.2) is 18.3 Å². The van der Waals surface area contributed by atoms with Crippen molar-refractivity contribution in [1.82, 2.24) is 14.6 Å². The second kappa shape index (κ2) is 3.43. The number of nitrogens with zero attached hydrogens (tertiary/aromatic N) is 3. The van der Waals surface area contributed by atoms with Crippen molar-refractivity contribution in [2.45, 2.75) is 31.2 Å². The minimum atomic E-state index is 0.0482. The standard InChI is InChI=1S/C11H13ClN4/c12-10-8(3-4-11(13)5-6-11)15-9-2-1-7-14-16(9)10/h1-2,7H,3-6,13H2. The Morgan fingerprint density at radius 3 is 3.00 bits per heavy atom. The van der Waals surface area contributed by atoms with Crippen LogP contribution < -0.4 is 5.73 Å². The van der Waals surface area contributed by atoms with Gasteiger partial charge in [-0.1, -0.05) is 11.6 Å². The van der Waals surface area contributed by atoms with Crippen molar-refractivity contribution in [2.24, 2.45) is 5.73 Å². The van der Waals surface area contributed by atoms with E-state index in [0.29, 0.717) is 5.15 Å². The molecule has 0 amide bonds. The third-order valence-corrected chi connectivity index (χ3v) is 3.53. The van der Waals surface area contributed by atoms with Gasteiger partial charge in [-0.2, -0.15) is 5.10 Å². The lowest BCUT2D eigenvalue weighted by molar-refractivity contribution is 0.604. The summed E-state index contributed by atoms with van der Waals surface area (Å²) in [6.45, 7) is 0. The van der Waals surface area contributed by atoms with Crippen LogP contribution in [-0.2, 0) is 6.42 Å². The minimum Gasteiger partial charge on any atom is -0.325 e. The molecule has 0 spiro atoms. The summed E-state index contributed by atoms with van der Waals surface area (Å²) >= 11 is 6.20. The van der Waals surface area contributed by atoms with Gasteiger partial charge in [0.1, 0.15) is 0 Å². The third kappa shape index (κ3) is 1.68. The maximum absolute atomic E-state index is 6.20. The van der Waals surface area contributed by atoms with Crippen LogP contribution in [0.3, 0.4) is 0 Å². The lowest BCUT2D eigenvalue weighted by Crippen LogP contribution is -2.22. The summed E-state index contributed by atoms with van der Waals surface area (Å²) in [5.41, 5.74) is 7.79. The summed E-state index contributed by atoms with van der Waals surface area (Å²) in [7, 11) is 0. The molecule has 2 heterocycles. The van der Waals surface area contributed by atoms with E-state index in [0.717, 1.165) is 37.0 Å². The molecule has 0 saturated heterocycles. The van der Waals surface area contributed by atoms with Crippen LogP contribution in [0.4, 0.5) is 0 Å². The van der Waals surface area contributed by atoms with Gasteiger partial charge in [-0.3, -0.25) is 0 Å². The van der Waals surface area contributed by atoms with E-state index in [9.17, 15) is 0 Å². The molecule has 1 aliphatic carbocycles. The Morgan fingerprint density at radius 2 is 2.31 bits per heavy atom. The zero-order valence-corrected chi connectivity index (χ0v) is 9.61. The van der Waals surface area contributed by atoms with Gasteiger partial charge in [-0.05, 0) is 37.8 Å². The van der Waals surface area contributed by atoms with Crippen LogP contribution in [-0.4, -0.2) is 20.1 Å². The molecule has 0 radical (unpaired) electrons. The summed E-state index contributed by atoms with van der Waals surface area (Å²) in [4.78, 5) is 4.46. The number of nitrogens with two attached hydrogens (primary N) is 1. The molecule has 0 atom stereocenters. The molecule has 5 heteroatoms. The average Bonchev–Trinajstić information content (AvgIpc) is 2.94. The quantitative estimate of drug-likeness (QED) is 0.884. The van der Waals surface area contributed by atoms with E-state index in [2.05, 4.69) is 10.1 Å². The molecular formula is C11H13ClN4. The fraction of sp³-hybridized carbons (Fsp3) is 0.455. The van der Waals surface area contributed by atoms with Gasteiger partial charge in [-0.15, -0.1) is 0 Å². The van der Waals surface area contributed by atoms with Crippen molar-refractivity contribution in [3.05, 3.63) is 29.2 Å². The molecule has 4 nitrogen and oxygen atoms in total.